The molecule has 8 heteroatoms. The van der Waals surface area contributed by atoms with Crippen molar-refractivity contribution in [1.82, 2.24) is 4.98 Å². The number of nitrogens with two attached hydrogens (primary N) is 1. The Bertz CT molecular complexity index is 349. The first-order valence-corrected chi connectivity index (χ1v) is 3.54. The maximum Gasteiger partial charge on any atom is 0.433 e. The van der Waals surface area contributed by atoms with Gasteiger partial charge in [0.15, 0.2) is 0 Å². The first kappa shape index (κ1) is 11.6. The quantitative estimate of drug-likeness (QED) is 0.753. The number of nitrogens with zero attached hydrogens (tertiary/aromatic N) is 1. The van der Waals surface area contributed by atoms with Crippen molar-refractivity contribution >= 4 is 5.82 Å². The van der Waals surface area contributed by atoms with Gasteiger partial charge in [-0.3, -0.25) is 0 Å². The predicted octanol–water partition coefficient (Wildman–Crippen LogP) is 2.76. The highest BCUT2D eigenvalue weighted by molar-refractivity contribution is 5.42. The van der Waals surface area contributed by atoms with Crippen LogP contribution in [-0.4, -0.2) is 4.98 Å². The number of hydrogen-bond acceptors (Lipinski definition) is 2. The topological polar surface area (TPSA) is 38.9 Å². The Kier molecular flexibility index (Phi) is 2.78. The molecule has 0 atom stereocenters. The van der Waals surface area contributed by atoms with Crippen molar-refractivity contribution in [1.29, 1.82) is 0 Å². The molecule has 0 unspecified atom stereocenters. The Hall–Kier alpha value is -1.47. The van der Waals surface area contributed by atoms with E-state index in [0.717, 1.165) is 0 Å². The van der Waals surface area contributed by atoms with Gasteiger partial charge in [0.05, 0.1) is 5.56 Å². The molecule has 15 heavy (non-hydrogen) atoms. The summed E-state index contributed by atoms with van der Waals surface area (Å²) < 4.78 is 73.0. The van der Waals surface area contributed by atoms with Gasteiger partial charge in [0, 0.05) is 6.07 Å². The van der Waals surface area contributed by atoms with E-state index in [-0.39, 0.29) is 6.07 Å². The molecular formula is C7H4F6N2. The highest BCUT2D eigenvalue weighted by atomic mass is 19.4. The fourth-order valence-electron chi connectivity index (χ4n) is 0.904. The zero-order chi connectivity index (χ0) is 11.8. The molecule has 2 N–H and O–H groups in total. The van der Waals surface area contributed by atoms with Gasteiger partial charge in [0.2, 0.25) is 0 Å². The Morgan fingerprint density at radius 3 is 2.13 bits per heavy atom. The molecule has 0 fully saturated rings. The smallest absolute Gasteiger partial charge is 0.383 e. The molecule has 0 aliphatic carbocycles. The summed E-state index contributed by atoms with van der Waals surface area (Å²) in [5.41, 5.74) is 1.83. The monoisotopic (exact) mass is 230 g/mol. The number of anilines is 1. The predicted molar refractivity (Wildman–Crippen MR) is 38.6 cm³/mol. The van der Waals surface area contributed by atoms with E-state index in [2.05, 4.69) is 4.98 Å². The summed E-state index contributed by atoms with van der Waals surface area (Å²) in [5.74, 6) is -2.87. The summed E-state index contributed by atoms with van der Waals surface area (Å²) >= 11 is 0. The fourth-order valence-corrected chi connectivity index (χ4v) is 0.904. The van der Waals surface area contributed by atoms with Crippen molar-refractivity contribution in [2.24, 2.45) is 0 Å². The number of hydrogen-bond donors (Lipinski definition) is 1. The lowest BCUT2D eigenvalue weighted by Gasteiger charge is -2.10. The molecule has 0 bridgehead atoms. The van der Waals surface area contributed by atoms with E-state index in [4.69, 9.17) is 5.73 Å². The van der Waals surface area contributed by atoms with Crippen LogP contribution in [0.25, 0.3) is 0 Å². The molecule has 0 saturated carbocycles. The second-order valence-corrected chi connectivity index (χ2v) is 2.59. The molecule has 0 amide bonds. The van der Waals surface area contributed by atoms with Gasteiger partial charge in [-0.25, -0.2) is 18.2 Å². The Morgan fingerprint density at radius 2 is 1.80 bits per heavy atom. The first-order chi connectivity index (χ1) is 6.73. The molecule has 0 aromatic carbocycles. The SMILES string of the molecule is Nc1nc(C(F)(F)F)cc(F)c1C(F)F. The van der Waals surface area contributed by atoms with Gasteiger partial charge in [-0.05, 0) is 0 Å². The Morgan fingerprint density at radius 1 is 1.27 bits per heavy atom. The van der Waals surface area contributed by atoms with Crippen molar-refractivity contribution in [3.05, 3.63) is 23.1 Å². The van der Waals surface area contributed by atoms with Gasteiger partial charge in [-0.2, -0.15) is 13.2 Å². The van der Waals surface area contributed by atoms with E-state index in [0.29, 0.717) is 0 Å². The number of rotatable bonds is 1. The molecule has 1 rings (SSSR count). The minimum Gasteiger partial charge on any atom is -0.383 e. The van der Waals surface area contributed by atoms with Crippen molar-refractivity contribution in [2.45, 2.75) is 12.6 Å². The number of nitrogen functional groups attached to an aromatic ring is 1. The van der Waals surface area contributed by atoms with Crippen LogP contribution in [0.15, 0.2) is 6.07 Å². The van der Waals surface area contributed by atoms with Gasteiger partial charge in [0.1, 0.15) is 17.3 Å². The Balaban J connectivity index is 3.32. The van der Waals surface area contributed by atoms with Gasteiger partial charge in [-0.15, -0.1) is 0 Å². The molecule has 0 aliphatic rings. The van der Waals surface area contributed by atoms with Crippen molar-refractivity contribution in [3.8, 4) is 0 Å². The van der Waals surface area contributed by atoms with E-state index in [1.54, 1.807) is 0 Å². The lowest BCUT2D eigenvalue weighted by molar-refractivity contribution is -0.141. The molecule has 84 valence electrons. The van der Waals surface area contributed by atoms with Crippen molar-refractivity contribution < 1.29 is 26.3 Å². The maximum absolute atomic E-state index is 12.8. The van der Waals surface area contributed by atoms with Crippen LogP contribution in [0.2, 0.25) is 0 Å². The third-order valence-corrected chi connectivity index (χ3v) is 1.55. The lowest BCUT2D eigenvalue weighted by Crippen LogP contribution is -2.12. The zero-order valence-electron chi connectivity index (χ0n) is 6.95. The normalized spacial score (nSPS) is 12.2. The number of aromatic nitrogens is 1. The van der Waals surface area contributed by atoms with Crippen molar-refractivity contribution in [2.75, 3.05) is 5.73 Å². The summed E-state index contributed by atoms with van der Waals surface area (Å²) in [5, 5.41) is 0. The number of halogens is 6. The third kappa shape index (κ3) is 2.31. The van der Waals surface area contributed by atoms with Crippen LogP contribution in [0.1, 0.15) is 17.7 Å². The van der Waals surface area contributed by atoms with Gasteiger partial charge in [0.25, 0.3) is 6.43 Å². The minimum absolute atomic E-state index is 0.113. The standard InChI is InChI=1S/C7H4F6N2/c8-2-1-3(7(11,12)13)15-6(14)4(2)5(9)10/h1,5H,(H2,14,15). The summed E-state index contributed by atoms with van der Waals surface area (Å²) in [6.07, 6.45) is -8.23. The van der Waals surface area contributed by atoms with Crippen LogP contribution in [0.4, 0.5) is 32.2 Å². The molecule has 1 aromatic heterocycles. The molecule has 0 spiro atoms. The number of alkyl halides is 5. The summed E-state index contributed by atoms with van der Waals surface area (Å²) in [4.78, 5) is 2.66. The van der Waals surface area contributed by atoms with Crippen LogP contribution in [0.5, 0.6) is 0 Å². The van der Waals surface area contributed by atoms with E-state index in [1.807, 2.05) is 0 Å². The van der Waals surface area contributed by atoms with Crippen LogP contribution in [0, 0.1) is 5.82 Å². The van der Waals surface area contributed by atoms with E-state index in [9.17, 15) is 26.3 Å². The third-order valence-electron chi connectivity index (χ3n) is 1.55. The van der Waals surface area contributed by atoms with Gasteiger partial charge < -0.3 is 5.73 Å². The average molecular weight is 230 g/mol. The van der Waals surface area contributed by atoms with E-state index in [1.165, 1.54) is 0 Å². The highest BCUT2D eigenvalue weighted by Crippen LogP contribution is 2.33. The zero-order valence-corrected chi connectivity index (χ0v) is 6.95. The molecular weight excluding hydrogens is 226 g/mol. The first-order valence-electron chi connectivity index (χ1n) is 3.54. The van der Waals surface area contributed by atoms with Crippen LogP contribution in [-0.2, 0) is 6.18 Å². The van der Waals surface area contributed by atoms with E-state index < -0.39 is 35.5 Å². The van der Waals surface area contributed by atoms with Crippen molar-refractivity contribution in [3.63, 3.8) is 0 Å². The molecule has 2 nitrogen and oxygen atoms in total. The fraction of sp³-hybridized carbons (Fsp3) is 0.286. The largest absolute Gasteiger partial charge is 0.433 e. The second-order valence-electron chi connectivity index (χ2n) is 2.59. The molecule has 1 heterocycles. The van der Waals surface area contributed by atoms with E-state index >= 15 is 0 Å². The summed E-state index contributed by atoms with van der Waals surface area (Å²) in [6, 6.07) is -0.113. The minimum atomic E-state index is -4.92. The second kappa shape index (κ2) is 3.59. The van der Waals surface area contributed by atoms with Crippen LogP contribution < -0.4 is 5.73 Å². The maximum atomic E-state index is 12.8. The average Bonchev–Trinajstić information content (AvgIpc) is 1.99. The lowest BCUT2D eigenvalue weighted by atomic mass is 10.2. The van der Waals surface area contributed by atoms with Gasteiger partial charge in [-0.1, -0.05) is 0 Å². The van der Waals surface area contributed by atoms with Gasteiger partial charge >= 0.3 is 6.18 Å². The molecule has 0 aliphatic heterocycles. The Labute approximate surface area is 79.7 Å². The van der Waals surface area contributed by atoms with Crippen LogP contribution in [0.3, 0.4) is 0 Å². The molecule has 1 aromatic rings. The summed E-state index contributed by atoms with van der Waals surface area (Å²) in [6.45, 7) is 0. The highest BCUT2D eigenvalue weighted by Gasteiger charge is 2.35. The molecule has 0 radical (unpaired) electrons. The summed E-state index contributed by atoms with van der Waals surface area (Å²) in [7, 11) is 0. The number of pyridine rings is 1. The molecule has 0 saturated heterocycles. The van der Waals surface area contributed by atoms with Crippen LogP contribution >= 0.6 is 0 Å².